The number of morpholine rings is 1. The Morgan fingerprint density at radius 2 is 1.70 bits per heavy atom. The van der Waals surface area contributed by atoms with E-state index in [0.29, 0.717) is 30.8 Å². The Hall–Kier alpha value is -2.28. The Bertz CT molecular complexity index is 741. The first-order valence-electron chi connectivity index (χ1n) is 9.71. The Morgan fingerprint density at radius 1 is 1.04 bits per heavy atom. The summed E-state index contributed by atoms with van der Waals surface area (Å²) in [5, 5.41) is 3.46. The lowest BCUT2D eigenvalue weighted by molar-refractivity contribution is -0.141. The molecular weight excluding hydrogens is 340 g/mol. The highest BCUT2D eigenvalue weighted by Crippen LogP contribution is 2.37. The molecule has 0 aliphatic carbocycles. The average molecular weight is 367 g/mol. The van der Waals surface area contributed by atoms with Gasteiger partial charge in [0.1, 0.15) is 5.69 Å². The summed E-state index contributed by atoms with van der Waals surface area (Å²) in [7, 11) is 0. The van der Waals surface area contributed by atoms with Gasteiger partial charge in [-0.15, -0.1) is 0 Å². The molecule has 2 fully saturated rings. The van der Waals surface area contributed by atoms with E-state index in [-0.39, 0.29) is 11.9 Å². The molecule has 2 aliphatic rings. The maximum absolute atomic E-state index is 13.8. The van der Waals surface area contributed by atoms with Gasteiger partial charge in [-0.1, -0.05) is 30.3 Å². The van der Waals surface area contributed by atoms with Gasteiger partial charge in [-0.05, 0) is 0 Å². The van der Waals surface area contributed by atoms with Gasteiger partial charge in [0.05, 0.1) is 26.3 Å². The third-order valence-electron chi connectivity index (χ3n) is 5.72. The average Bonchev–Trinajstić information content (AvgIpc) is 2.76. The van der Waals surface area contributed by atoms with Crippen LogP contribution < -0.4 is 9.80 Å². The van der Waals surface area contributed by atoms with Crippen molar-refractivity contribution in [2.75, 3.05) is 52.5 Å². The van der Waals surface area contributed by atoms with Gasteiger partial charge in [0.2, 0.25) is 0 Å². The van der Waals surface area contributed by atoms with Gasteiger partial charge in [0, 0.05) is 56.3 Å². The fraction of sp³-hybridized carbons (Fsp3) is 0.429. The molecule has 4 rings (SSSR count). The standard InChI is InChI=1S/C21H27N4O2/c26-21(24-12-16-27-17-13-24)20(18-4-2-1-3-5-18)25(14-10-23-11-15-25)19-6-8-22-9-7-19/h1-9,20,23H,10-17H2/q+1. The molecule has 1 N–H and O–H groups in total. The van der Waals surface area contributed by atoms with Crippen LogP contribution in [0.5, 0.6) is 0 Å². The summed E-state index contributed by atoms with van der Waals surface area (Å²) in [6, 6.07) is 14.1. The summed E-state index contributed by atoms with van der Waals surface area (Å²) in [5.41, 5.74) is 2.23. The fourth-order valence-corrected chi connectivity index (χ4v) is 4.33. The van der Waals surface area contributed by atoms with Crippen molar-refractivity contribution >= 4 is 11.6 Å². The number of rotatable bonds is 4. The topological polar surface area (TPSA) is 54.5 Å². The second-order valence-electron chi connectivity index (χ2n) is 7.19. The number of quaternary nitrogens is 1. The smallest absolute Gasteiger partial charge is 0.286 e. The van der Waals surface area contributed by atoms with Crippen molar-refractivity contribution in [3.05, 3.63) is 60.4 Å². The third-order valence-corrected chi connectivity index (χ3v) is 5.72. The predicted molar refractivity (Wildman–Crippen MR) is 105 cm³/mol. The first kappa shape index (κ1) is 18.1. The monoisotopic (exact) mass is 367 g/mol. The van der Waals surface area contributed by atoms with Gasteiger partial charge in [0.15, 0.2) is 6.04 Å². The van der Waals surface area contributed by atoms with E-state index in [9.17, 15) is 4.79 Å². The van der Waals surface area contributed by atoms with Crippen LogP contribution in [0.15, 0.2) is 54.9 Å². The first-order valence-corrected chi connectivity index (χ1v) is 9.71. The van der Waals surface area contributed by atoms with E-state index in [1.54, 1.807) is 0 Å². The molecule has 2 aliphatic heterocycles. The fourth-order valence-electron chi connectivity index (χ4n) is 4.33. The molecular formula is C21H27N4O2+. The maximum Gasteiger partial charge on any atom is 0.286 e. The Labute approximate surface area is 160 Å². The van der Waals surface area contributed by atoms with E-state index in [0.717, 1.165) is 37.4 Å². The molecule has 142 valence electrons. The summed E-state index contributed by atoms with van der Waals surface area (Å²) >= 11 is 0. The molecule has 0 spiro atoms. The van der Waals surface area contributed by atoms with Crippen molar-refractivity contribution in [1.82, 2.24) is 19.7 Å². The van der Waals surface area contributed by atoms with Crippen LogP contribution in [0.2, 0.25) is 0 Å². The van der Waals surface area contributed by atoms with Gasteiger partial charge >= 0.3 is 0 Å². The SMILES string of the molecule is O=C(C(c1ccccc1)[N+]1(c2ccncc2)CCNCC1)N1CCOCC1. The molecule has 2 saturated heterocycles. The molecule has 6 nitrogen and oxygen atoms in total. The number of amides is 1. The molecule has 1 aromatic carbocycles. The van der Waals surface area contributed by atoms with Crippen molar-refractivity contribution in [3.8, 4) is 0 Å². The van der Waals surface area contributed by atoms with Crippen LogP contribution in [-0.4, -0.2) is 68.3 Å². The molecule has 1 unspecified atom stereocenters. The second-order valence-corrected chi connectivity index (χ2v) is 7.19. The number of hydrogen-bond donors (Lipinski definition) is 1. The molecule has 1 atom stereocenters. The molecule has 0 radical (unpaired) electrons. The van der Waals surface area contributed by atoms with Crippen molar-refractivity contribution in [2.45, 2.75) is 6.04 Å². The van der Waals surface area contributed by atoms with Gasteiger partial charge in [-0.2, -0.15) is 0 Å². The van der Waals surface area contributed by atoms with Gasteiger partial charge in [0.25, 0.3) is 5.91 Å². The molecule has 0 bridgehead atoms. The number of hydrogen-bond acceptors (Lipinski definition) is 4. The van der Waals surface area contributed by atoms with Crippen LogP contribution >= 0.6 is 0 Å². The summed E-state index contributed by atoms with van der Waals surface area (Å²) in [5.74, 6) is 0.197. The largest absolute Gasteiger partial charge is 0.378 e. The molecule has 6 heteroatoms. The third kappa shape index (κ3) is 3.60. The number of ether oxygens (including phenoxy) is 1. The highest BCUT2D eigenvalue weighted by Gasteiger charge is 2.47. The lowest BCUT2D eigenvalue weighted by Crippen LogP contribution is -2.65. The highest BCUT2D eigenvalue weighted by molar-refractivity contribution is 5.85. The van der Waals surface area contributed by atoms with E-state index >= 15 is 0 Å². The normalized spacial score (nSPS) is 20.8. The maximum atomic E-state index is 13.8. The van der Waals surface area contributed by atoms with E-state index < -0.39 is 0 Å². The van der Waals surface area contributed by atoms with E-state index in [4.69, 9.17) is 4.74 Å². The van der Waals surface area contributed by atoms with Crippen molar-refractivity contribution < 1.29 is 9.53 Å². The minimum Gasteiger partial charge on any atom is -0.378 e. The predicted octanol–water partition coefficient (Wildman–Crippen LogP) is 1.59. The van der Waals surface area contributed by atoms with E-state index in [2.05, 4.69) is 34.6 Å². The van der Waals surface area contributed by atoms with Crippen LogP contribution in [0.3, 0.4) is 0 Å². The number of benzene rings is 1. The molecule has 0 saturated carbocycles. The Balaban J connectivity index is 1.81. The molecule has 1 aromatic heterocycles. The first-order chi connectivity index (χ1) is 13.3. The Morgan fingerprint density at radius 3 is 2.37 bits per heavy atom. The van der Waals surface area contributed by atoms with Crippen LogP contribution in [0.1, 0.15) is 11.6 Å². The highest BCUT2D eigenvalue weighted by atomic mass is 16.5. The lowest BCUT2D eigenvalue weighted by Gasteiger charge is -2.47. The summed E-state index contributed by atoms with van der Waals surface area (Å²) in [4.78, 5) is 20.0. The summed E-state index contributed by atoms with van der Waals surface area (Å²) in [6.45, 7) is 6.09. The van der Waals surface area contributed by atoms with Crippen LogP contribution in [-0.2, 0) is 9.53 Å². The van der Waals surface area contributed by atoms with Crippen molar-refractivity contribution in [1.29, 1.82) is 0 Å². The number of nitrogens with one attached hydrogen (secondary N) is 1. The zero-order chi connectivity index (χ0) is 18.5. The lowest BCUT2D eigenvalue weighted by atomic mass is 9.97. The van der Waals surface area contributed by atoms with Crippen LogP contribution in [0.4, 0.5) is 5.69 Å². The molecule has 2 aromatic rings. The number of pyridine rings is 1. The van der Waals surface area contributed by atoms with E-state index in [1.165, 1.54) is 0 Å². The molecule has 3 heterocycles. The second kappa shape index (κ2) is 8.17. The zero-order valence-electron chi connectivity index (χ0n) is 15.6. The number of piperazine rings is 1. The van der Waals surface area contributed by atoms with Gasteiger partial charge in [-0.3, -0.25) is 14.3 Å². The quantitative estimate of drug-likeness (QED) is 0.834. The number of aromatic nitrogens is 1. The van der Waals surface area contributed by atoms with Crippen LogP contribution in [0.25, 0.3) is 0 Å². The zero-order valence-corrected chi connectivity index (χ0v) is 15.6. The number of nitrogens with zero attached hydrogens (tertiary/aromatic N) is 3. The Kier molecular flexibility index (Phi) is 5.48. The minimum absolute atomic E-state index is 0.197. The number of carbonyl (C=O) groups excluding carboxylic acids is 1. The minimum atomic E-state index is -0.256. The van der Waals surface area contributed by atoms with Gasteiger partial charge < -0.3 is 15.0 Å². The van der Waals surface area contributed by atoms with Crippen LogP contribution in [0, 0.1) is 0 Å². The summed E-state index contributed by atoms with van der Waals surface area (Å²) in [6.07, 6.45) is 3.66. The van der Waals surface area contributed by atoms with E-state index in [1.807, 2.05) is 35.5 Å². The number of carbonyl (C=O) groups is 1. The molecule has 1 amide bonds. The molecule has 27 heavy (non-hydrogen) atoms. The summed E-state index contributed by atoms with van der Waals surface area (Å²) < 4.78 is 6.11. The van der Waals surface area contributed by atoms with Crippen molar-refractivity contribution in [3.63, 3.8) is 0 Å². The van der Waals surface area contributed by atoms with Gasteiger partial charge in [-0.25, -0.2) is 0 Å². The van der Waals surface area contributed by atoms with Crippen molar-refractivity contribution in [2.24, 2.45) is 0 Å².